The highest BCUT2D eigenvalue weighted by atomic mass is 16.5. The molecular weight excluding hydrogens is 302 g/mol. The second-order valence-electron chi connectivity index (χ2n) is 5.35. The number of carbonyl (C=O) groups excluding carboxylic acids is 1. The molecular formula is C15H23N3O5. The number of hydrogen-bond acceptors (Lipinski definition) is 6. The maximum Gasteiger partial charge on any atom is 0.407 e. The van der Waals surface area contributed by atoms with Crippen LogP contribution in [0.2, 0.25) is 0 Å². The van der Waals surface area contributed by atoms with Crippen LogP contribution in [0.1, 0.15) is 34.6 Å². The van der Waals surface area contributed by atoms with E-state index in [2.05, 4.69) is 9.98 Å². The zero-order valence-electron chi connectivity index (χ0n) is 14.0. The Balaban J connectivity index is 0.000000515. The van der Waals surface area contributed by atoms with Gasteiger partial charge in [-0.3, -0.25) is 0 Å². The van der Waals surface area contributed by atoms with Crippen LogP contribution in [0.4, 0.5) is 10.6 Å². The number of amides is 1. The number of aromatic nitrogens is 1. The summed E-state index contributed by atoms with van der Waals surface area (Å²) in [6.45, 7) is 10.3. The fourth-order valence-corrected chi connectivity index (χ4v) is 1.46. The standard InChI is InChI=1S/C10H12N2O3.C5H11NO2/c1-10(2,3)15-7-4-5-11-9(8(7)14)12-6-13;1-3-6(4-2)5(7)8/h4-5,14H,1-3H3;3-4H2,1-2H3,(H,7,8). The van der Waals surface area contributed by atoms with Gasteiger partial charge in [0.2, 0.25) is 17.6 Å². The van der Waals surface area contributed by atoms with E-state index in [9.17, 15) is 14.7 Å². The normalized spacial score (nSPS) is 9.96. The van der Waals surface area contributed by atoms with Gasteiger partial charge >= 0.3 is 6.09 Å². The maximum atomic E-state index is 10.1. The van der Waals surface area contributed by atoms with Gasteiger partial charge in [-0.2, -0.15) is 0 Å². The highest BCUT2D eigenvalue weighted by molar-refractivity contribution is 5.64. The molecule has 1 aromatic heterocycles. The number of hydrogen-bond donors (Lipinski definition) is 2. The van der Waals surface area contributed by atoms with E-state index in [0.717, 1.165) is 0 Å². The molecule has 0 saturated heterocycles. The number of nitrogens with zero attached hydrogens (tertiary/aromatic N) is 3. The van der Waals surface area contributed by atoms with Crippen LogP contribution in [0.15, 0.2) is 17.3 Å². The van der Waals surface area contributed by atoms with E-state index in [-0.39, 0.29) is 17.3 Å². The van der Waals surface area contributed by atoms with E-state index >= 15 is 0 Å². The summed E-state index contributed by atoms with van der Waals surface area (Å²) in [7, 11) is 0. The number of pyridine rings is 1. The Morgan fingerprint density at radius 2 is 1.96 bits per heavy atom. The molecule has 128 valence electrons. The largest absolute Gasteiger partial charge is 0.502 e. The highest BCUT2D eigenvalue weighted by Gasteiger charge is 2.16. The molecule has 0 aliphatic carbocycles. The number of isocyanates is 1. The first-order valence-electron chi connectivity index (χ1n) is 7.09. The van der Waals surface area contributed by atoms with Crippen molar-refractivity contribution >= 4 is 18.0 Å². The molecule has 0 spiro atoms. The summed E-state index contributed by atoms with van der Waals surface area (Å²) in [5.41, 5.74) is -0.443. The topological polar surface area (TPSA) is 112 Å². The first-order valence-corrected chi connectivity index (χ1v) is 7.09. The van der Waals surface area contributed by atoms with Crippen molar-refractivity contribution in [2.24, 2.45) is 4.99 Å². The molecule has 8 heteroatoms. The zero-order chi connectivity index (χ0) is 18.0. The summed E-state index contributed by atoms with van der Waals surface area (Å²) >= 11 is 0. The Labute approximate surface area is 135 Å². The molecule has 1 heterocycles. The first-order chi connectivity index (χ1) is 10.7. The predicted molar refractivity (Wildman–Crippen MR) is 85.0 cm³/mol. The van der Waals surface area contributed by atoms with E-state index in [1.165, 1.54) is 23.2 Å². The quantitative estimate of drug-likeness (QED) is 0.650. The van der Waals surface area contributed by atoms with E-state index in [1.807, 2.05) is 34.6 Å². The third kappa shape index (κ3) is 7.82. The number of rotatable bonds is 4. The van der Waals surface area contributed by atoms with Gasteiger partial charge in [0.05, 0.1) is 0 Å². The van der Waals surface area contributed by atoms with Gasteiger partial charge in [0.1, 0.15) is 5.60 Å². The molecule has 1 amide bonds. The average molecular weight is 325 g/mol. The van der Waals surface area contributed by atoms with Gasteiger partial charge in [-0.25, -0.2) is 14.6 Å². The Kier molecular flexibility index (Phi) is 8.36. The summed E-state index contributed by atoms with van der Waals surface area (Å²) < 4.78 is 5.44. The fraction of sp³-hybridized carbons (Fsp3) is 0.533. The van der Waals surface area contributed by atoms with Crippen molar-refractivity contribution in [2.75, 3.05) is 13.1 Å². The smallest absolute Gasteiger partial charge is 0.407 e. The van der Waals surface area contributed by atoms with Gasteiger partial charge in [-0.15, -0.1) is 4.99 Å². The molecule has 1 rings (SSSR count). The second kappa shape index (κ2) is 9.42. The fourth-order valence-electron chi connectivity index (χ4n) is 1.46. The van der Waals surface area contributed by atoms with Crippen LogP contribution in [0.3, 0.4) is 0 Å². The van der Waals surface area contributed by atoms with Crippen molar-refractivity contribution in [3.63, 3.8) is 0 Å². The molecule has 0 bridgehead atoms. The third-order valence-corrected chi connectivity index (χ3v) is 2.47. The van der Waals surface area contributed by atoms with Gasteiger partial charge in [0.25, 0.3) is 0 Å². The summed E-state index contributed by atoms with van der Waals surface area (Å²) in [4.78, 5) is 28.4. The van der Waals surface area contributed by atoms with E-state index in [0.29, 0.717) is 13.1 Å². The molecule has 0 aliphatic rings. The van der Waals surface area contributed by atoms with E-state index in [1.54, 1.807) is 0 Å². The summed E-state index contributed by atoms with van der Waals surface area (Å²) in [5.74, 6) is -0.103. The van der Waals surface area contributed by atoms with Gasteiger partial charge in [0, 0.05) is 25.4 Å². The van der Waals surface area contributed by atoms with E-state index in [4.69, 9.17) is 9.84 Å². The Morgan fingerprint density at radius 1 is 1.39 bits per heavy atom. The van der Waals surface area contributed by atoms with Crippen molar-refractivity contribution in [2.45, 2.75) is 40.2 Å². The van der Waals surface area contributed by atoms with Crippen molar-refractivity contribution in [1.82, 2.24) is 9.88 Å². The monoisotopic (exact) mass is 325 g/mol. The molecule has 23 heavy (non-hydrogen) atoms. The van der Waals surface area contributed by atoms with Crippen LogP contribution in [-0.4, -0.2) is 51.0 Å². The lowest BCUT2D eigenvalue weighted by atomic mass is 10.2. The van der Waals surface area contributed by atoms with Crippen LogP contribution in [0.5, 0.6) is 11.5 Å². The average Bonchev–Trinajstić information content (AvgIpc) is 2.44. The van der Waals surface area contributed by atoms with Gasteiger partial charge in [0.15, 0.2) is 5.75 Å². The van der Waals surface area contributed by atoms with Crippen LogP contribution >= 0.6 is 0 Å². The molecule has 2 N–H and O–H groups in total. The van der Waals surface area contributed by atoms with Gasteiger partial charge < -0.3 is 19.8 Å². The molecule has 0 radical (unpaired) electrons. The lowest BCUT2D eigenvalue weighted by molar-refractivity contribution is 0.126. The summed E-state index contributed by atoms with van der Waals surface area (Å²) in [5, 5.41) is 17.9. The molecule has 0 atom stereocenters. The van der Waals surface area contributed by atoms with Crippen molar-refractivity contribution in [1.29, 1.82) is 0 Å². The molecule has 0 aliphatic heterocycles. The predicted octanol–water partition coefficient (Wildman–Crippen LogP) is 2.94. The molecule has 8 nitrogen and oxygen atoms in total. The third-order valence-electron chi connectivity index (χ3n) is 2.47. The van der Waals surface area contributed by atoms with Crippen LogP contribution < -0.4 is 4.74 Å². The van der Waals surface area contributed by atoms with Crippen LogP contribution in [0, 0.1) is 0 Å². The second-order valence-corrected chi connectivity index (χ2v) is 5.35. The summed E-state index contributed by atoms with van der Waals surface area (Å²) in [6.07, 6.45) is 1.87. The number of carbonyl (C=O) groups is 1. The number of ether oxygens (including phenoxy) is 1. The molecule has 0 unspecified atom stereocenters. The Bertz CT molecular complexity index is 559. The molecule has 0 fully saturated rings. The lowest BCUT2D eigenvalue weighted by Crippen LogP contribution is -2.28. The Hall–Kier alpha value is -2.60. The van der Waals surface area contributed by atoms with E-state index < -0.39 is 11.7 Å². The summed E-state index contributed by atoms with van der Waals surface area (Å²) in [6, 6.07) is 1.50. The van der Waals surface area contributed by atoms with Crippen molar-refractivity contribution in [3.05, 3.63) is 12.3 Å². The molecule has 0 aromatic carbocycles. The molecule has 1 aromatic rings. The highest BCUT2D eigenvalue weighted by Crippen LogP contribution is 2.35. The minimum atomic E-state index is -0.838. The first kappa shape index (κ1) is 20.4. The lowest BCUT2D eigenvalue weighted by Gasteiger charge is -2.21. The Morgan fingerprint density at radius 3 is 2.30 bits per heavy atom. The van der Waals surface area contributed by atoms with Gasteiger partial charge in [-0.1, -0.05) is 0 Å². The van der Waals surface area contributed by atoms with Crippen molar-refractivity contribution in [3.8, 4) is 11.5 Å². The minimum Gasteiger partial charge on any atom is -0.502 e. The minimum absolute atomic E-state index is 0.0910. The van der Waals surface area contributed by atoms with Crippen molar-refractivity contribution < 1.29 is 24.5 Å². The number of carboxylic acid groups (broad SMARTS) is 1. The van der Waals surface area contributed by atoms with Crippen LogP contribution in [-0.2, 0) is 4.79 Å². The SMILES string of the molecule is CC(C)(C)Oc1ccnc(N=C=O)c1O.CCN(CC)C(=O)O. The van der Waals surface area contributed by atoms with Crippen LogP contribution in [0.25, 0.3) is 0 Å². The molecule has 0 saturated carbocycles. The number of aliphatic imine (C=N–C) groups is 1. The van der Waals surface area contributed by atoms with Gasteiger partial charge in [-0.05, 0) is 34.6 Å². The maximum absolute atomic E-state index is 10.1. The number of aromatic hydroxyl groups is 1. The zero-order valence-corrected chi connectivity index (χ0v) is 14.0.